The Morgan fingerprint density at radius 1 is 1.04 bits per heavy atom. The minimum atomic E-state index is -0.183. The van der Waals surface area contributed by atoms with Gasteiger partial charge in [0.1, 0.15) is 0 Å². The molecule has 25 heavy (non-hydrogen) atoms. The molecule has 1 aliphatic rings. The number of rotatable bonds is 9. The van der Waals surface area contributed by atoms with Gasteiger partial charge in [0, 0.05) is 32.7 Å². The Labute approximate surface area is 153 Å². The van der Waals surface area contributed by atoms with Gasteiger partial charge in [0.05, 0.1) is 12.2 Å². The van der Waals surface area contributed by atoms with E-state index in [0.29, 0.717) is 12.2 Å². The fraction of sp³-hybridized carbons (Fsp3) is 0.667. The summed E-state index contributed by atoms with van der Waals surface area (Å²) in [5, 5.41) is 0. The first-order chi connectivity index (χ1) is 12.1. The number of unbranched alkanes of at least 4 members (excludes halogenated alkanes) is 2. The number of ether oxygens (including phenoxy) is 1. The SMILES string of the molecule is CCCCOC(=O)c1ccc(CN2CCN(C)CC2)c(CCCC)c1. The number of aryl methyl sites for hydroxylation is 1. The van der Waals surface area contributed by atoms with E-state index in [0.717, 1.165) is 58.4 Å². The van der Waals surface area contributed by atoms with Crippen molar-refractivity contribution < 1.29 is 9.53 Å². The summed E-state index contributed by atoms with van der Waals surface area (Å²) in [6.45, 7) is 10.3. The van der Waals surface area contributed by atoms with Crippen molar-refractivity contribution in [3.63, 3.8) is 0 Å². The van der Waals surface area contributed by atoms with Crippen LogP contribution in [0.15, 0.2) is 18.2 Å². The summed E-state index contributed by atoms with van der Waals surface area (Å²) in [5.41, 5.74) is 3.37. The molecule has 0 saturated carbocycles. The zero-order valence-electron chi connectivity index (χ0n) is 16.2. The predicted molar refractivity (Wildman–Crippen MR) is 103 cm³/mol. The van der Waals surface area contributed by atoms with Crippen LogP contribution in [0.4, 0.5) is 0 Å². The molecule has 0 aromatic heterocycles. The van der Waals surface area contributed by atoms with Gasteiger partial charge in [-0.1, -0.05) is 32.8 Å². The smallest absolute Gasteiger partial charge is 0.338 e. The summed E-state index contributed by atoms with van der Waals surface area (Å²) < 4.78 is 5.37. The van der Waals surface area contributed by atoms with Crippen molar-refractivity contribution >= 4 is 5.97 Å². The van der Waals surface area contributed by atoms with Crippen molar-refractivity contribution in [1.29, 1.82) is 0 Å². The lowest BCUT2D eigenvalue weighted by Crippen LogP contribution is -2.44. The van der Waals surface area contributed by atoms with Crippen molar-refractivity contribution in [2.24, 2.45) is 0 Å². The second-order valence-corrected chi connectivity index (χ2v) is 7.16. The topological polar surface area (TPSA) is 32.8 Å². The average Bonchev–Trinajstić information content (AvgIpc) is 2.62. The molecule has 1 aromatic rings. The Hall–Kier alpha value is -1.39. The highest BCUT2D eigenvalue weighted by Crippen LogP contribution is 2.19. The molecule has 1 fully saturated rings. The number of carbonyl (C=O) groups excluding carboxylic acids is 1. The molecule has 4 heteroatoms. The summed E-state index contributed by atoms with van der Waals surface area (Å²) >= 11 is 0. The van der Waals surface area contributed by atoms with Crippen molar-refractivity contribution in [1.82, 2.24) is 9.80 Å². The highest BCUT2D eigenvalue weighted by Gasteiger charge is 2.16. The standard InChI is InChI=1S/C21H34N2O2/c1-4-6-8-18-16-19(21(24)25-15-7-5-2)9-10-20(18)17-23-13-11-22(3)12-14-23/h9-10,16H,4-8,11-15,17H2,1-3H3. The van der Waals surface area contributed by atoms with Gasteiger partial charge in [0.25, 0.3) is 0 Å². The van der Waals surface area contributed by atoms with E-state index in [9.17, 15) is 4.79 Å². The molecular weight excluding hydrogens is 312 g/mol. The third kappa shape index (κ3) is 6.44. The van der Waals surface area contributed by atoms with E-state index in [1.54, 1.807) is 0 Å². The fourth-order valence-electron chi connectivity index (χ4n) is 3.15. The summed E-state index contributed by atoms with van der Waals surface area (Å²) in [6.07, 6.45) is 5.33. The second kappa shape index (κ2) is 10.6. The van der Waals surface area contributed by atoms with Gasteiger partial charge in [-0.25, -0.2) is 4.79 Å². The minimum Gasteiger partial charge on any atom is -0.462 e. The average molecular weight is 347 g/mol. The van der Waals surface area contributed by atoms with Crippen molar-refractivity contribution in [3.05, 3.63) is 34.9 Å². The van der Waals surface area contributed by atoms with Gasteiger partial charge in [0.15, 0.2) is 0 Å². The van der Waals surface area contributed by atoms with Crippen LogP contribution in [0.3, 0.4) is 0 Å². The maximum atomic E-state index is 12.2. The number of esters is 1. The Morgan fingerprint density at radius 2 is 1.76 bits per heavy atom. The molecular formula is C21H34N2O2. The summed E-state index contributed by atoms with van der Waals surface area (Å²) in [5.74, 6) is -0.183. The van der Waals surface area contributed by atoms with Gasteiger partial charge in [-0.15, -0.1) is 0 Å². The van der Waals surface area contributed by atoms with Gasteiger partial charge in [0.2, 0.25) is 0 Å². The van der Waals surface area contributed by atoms with E-state index in [4.69, 9.17) is 4.74 Å². The molecule has 0 spiro atoms. The first-order valence-electron chi connectivity index (χ1n) is 9.83. The molecule has 0 aliphatic carbocycles. The van der Waals surface area contributed by atoms with Gasteiger partial charge < -0.3 is 9.64 Å². The molecule has 0 unspecified atom stereocenters. The number of carbonyl (C=O) groups is 1. The molecule has 0 radical (unpaired) electrons. The Morgan fingerprint density at radius 3 is 2.44 bits per heavy atom. The molecule has 4 nitrogen and oxygen atoms in total. The Kier molecular flexibility index (Phi) is 8.42. The maximum absolute atomic E-state index is 12.2. The number of hydrogen-bond acceptors (Lipinski definition) is 4. The van der Waals surface area contributed by atoms with Gasteiger partial charge >= 0.3 is 5.97 Å². The van der Waals surface area contributed by atoms with Crippen LogP contribution in [-0.2, 0) is 17.7 Å². The largest absolute Gasteiger partial charge is 0.462 e. The highest BCUT2D eigenvalue weighted by atomic mass is 16.5. The normalized spacial score (nSPS) is 16.1. The van der Waals surface area contributed by atoms with Crippen molar-refractivity contribution in [3.8, 4) is 0 Å². The van der Waals surface area contributed by atoms with Gasteiger partial charge in [-0.3, -0.25) is 4.90 Å². The van der Waals surface area contributed by atoms with Crippen LogP contribution in [0.1, 0.15) is 61.0 Å². The van der Waals surface area contributed by atoms with Crippen LogP contribution in [0.5, 0.6) is 0 Å². The van der Waals surface area contributed by atoms with Crippen LogP contribution in [0.2, 0.25) is 0 Å². The van der Waals surface area contributed by atoms with Gasteiger partial charge in [-0.2, -0.15) is 0 Å². The molecule has 0 amide bonds. The van der Waals surface area contributed by atoms with E-state index in [2.05, 4.69) is 42.8 Å². The molecule has 0 bridgehead atoms. The van der Waals surface area contributed by atoms with Crippen LogP contribution in [-0.4, -0.2) is 55.6 Å². The molecule has 2 rings (SSSR count). The van der Waals surface area contributed by atoms with E-state index >= 15 is 0 Å². The highest BCUT2D eigenvalue weighted by molar-refractivity contribution is 5.89. The Bertz CT molecular complexity index is 537. The molecule has 140 valence electrons. The first-order valence-corrected chi connectivity index (χ1v) is 9.83. The number of hydrogen-bond donors (Lipinski definition) is 0. The predicted octanol–water partition coefficient (Wildman–Crippen LogP) is 3.73. The fourth-order valence-corrected chi connectivity index (χ4v) is 3.15. The molecule has 1 aromatic carbocycles. The summed E-state index contributed by atoms with van der Waals surface area (Å²) in [4.78, 5) is 17.1. The van der Waals surface area contributed by atoms with E-state index in [-0.39, 0.29) is 5.97 Å². The molecule has 1 saturated heterocycles. The monoisotopic (exact) mass is 346 g/mol. The molecule has 0 N–H and O–H groups in total. The number of nitrogens with zero attached hydrogens (tertiary/aromatic N) is 2. The minimum absolute atomic E-state index is 0.183. The maximum Gasteiger partial charge on any atom is 0.338 e. The Balaban J connectivity index is 2.06. The summed E-state index contributed by atoms with van der Waals surface area (Å²) in [6, 6.07) is 6.14. The zero-order valence-corrected chi connectivity index (χ0v) is 16.2. The number of likely N-dealkylation sites (N-methyl/N-ethyl adjacent to an activating group) is 1. The number of benzene rings is 1. The van der Waals surface area contributed by atoms with Crippen molar-refractivity contribution in [2.75, 3.05) is 39.8 Å². The zero-order chi connectivity index (χ0) is 18.1. The van der Waals surface area contributed by atoms with E-state index in [1.165, 1.54) is 17.5 Å². The lowest BCUT2D eigenvalue weighted by Gasteiger charge is -2.32. The van der Waals surface area contributed by atoms with Gasteiger partial charge in [-0.05, 0) is 49.6 Å². The lowest BCUT2D eigenvalue weighted by atomic mass is 9.98. The third-order valence-corrected chi connectivity index (χ3v) is 4.96. The quantitative estimate of drug-likeness (QED) is 0.504. The third-order valence-electron chi connectivity index (χ3n) is 4.96. The van der Waals surface area contributed by atoms with Crippen LogP contribution >= 0.6 is 0 Å². The van der Waals surface area contributed by atoms with Crippen LogP contribution < -0.4 is 0 Å². The lowest BCUT2D eigenvalue weighted by molar-refractivity contribution is 0.0499. The molecule has 1 aliphatic heterocycles. The van der Waals surface area contributed by atoms with E-state index in [1.807, 2.05) is 6.07 Å². The molecule has 1 heterocycles. The molecule has 0 atom stereocenters. The van der Waals surface area contributed by atoms with Crippen LogP contribution in [0, 0.1) is 0 Å². The van der Waals surface area contributed by atoms with Crippen LogP contribution in [0.25, 0.3) is 0 Å². The number of piperazine rings is 1. The summed E-state index contributed by atoms with van der Waals surface area (Å²) in [7, 11) is 2.18. The second-order valence-electron chi connectivity index (χ2n) is 7.16. The first kappa shape index (κ1) is 19.9. The van der Waals surface area contributed by atoms with E-state index < -0.39 is 0 Å². The van der Waals surface area contributed by atoms with Crippen molar-refractivity contribution in [2.45, 2.75) is 52.5 Å².